The van der Waals surface area contributed by atoms with E-state index < -0.39 is 0 Å². The molecule has 3 rings (SSSR count). The summed E-state index contributed by atoms with van der Waals surface area (Å²) in [5, 5.41) is 3.76. The van der Waals surface area contributed by atoms with Gasteiger partial charge in [-0.1, -0.05) is 0 Å². The van der Waals surface area contributed by atoms with Gasteiger partial charge in [-0.05, 0) is 0 Å². The van der Waals surface area contributed by atoms with E-state index in [1.165, 1.54) is 18.2 Å². The van der Waals surface area contributed by atoms with Gasteiger partial charge < -0.3 is 10.2 Å². The standard InChI is InChI=1S/C5H7NOS.C3H7NS/c7-4-3-5-6(4)1-2-8-5;1-2-5-3-4-1/h5H,1-3H2;4H,1-3H2/t5-;/m1./s1. The van der Waals surface area contributed by atoms with Gasteiger partial charge in [0.15, 0.2) is 0 Å². The van der Waals surface area contributed by atoms with Crippen molar-refractivity contribution in [1.29, 1.82) is 0 Å². The average Bonchev–Trinajstić information content (AvgIpc) is 2.73. The van der Waals surface area contributed by atoms with Crippen LogP contribution in [0.15, 0.2) is 0 Å². The summed E-state index contributed by atoms with van der Waals surface area (Å²) in [5.74, 6) is 3.97. The van der Waals surface area contributed by atoms with E-state index in [-0.39, 0.29) is 0 Å². The fourth-order valence-corrected chi connectivity index (χ4v) is 3.45. The van der Waals surface area contributed by atoms with Gasteiger partial charge in [0.25, 0.3) is 0 Å². The first-order valence-corrected chi connectivity index (χ1v) is 6.78. The van der Waals surface area contributed by atoms with Crippen molar-refractivity contribution in [3.8, 4) is 0 Å². The Labute approximate surface area is 87.0 Å². The van der Waals surface area contributed by atoms with Crippen molar-refractivity contribution in [1.82, 2.24) is 10.2 Å². The number of hydrogen-bond acceptors (Lipinski definition) is 4. The molecule has 3 aliphatic heterocycles. The van der Waals surface area contributed by atoms with Gasteiger partial charge in [-0.25, -0.2) is 0 Å². The zero-order valence-electron chi connectivity index (χ0n) is 7.49. The molecule has 5 heteroatoms. The van der Waals surface area contributed by atoms with Crippen LogP contribution in [0, 0.1) is 0 Å². The summed E-state index contributed by atoms with van der Waals surface area (Å²) in [6, 6.07) is 0. The topological polar surface area (TPSA) is 32.3 Å². The lowest BCUT2D eigenvalue weighted by atomic mass is 10.2. The van der Waals surface area contributed by atoms with E-state index >= 15 is 0 Å². The van der Waals surface area contributed by atoms with Crippen LogP contribution < -0.4 is 5.32 Å². The van der Waals surface area contributed by atoms with E-state index in [1.54, 1.807) is 0 Å². The summed E-state index contributed by atoms with van der Waals surface area (Å²) in [6.45, 7) is 2.21. The predicted octanol–water partition coefficient (Wildman–Crippen LogP) is 0.572. The first-order valence-electron chi connectivity index (χ1n) is 4.57. The smallest absolute Gasteiger partial charge is 0.226 e. The number of nitrogens with one attached hydrogen (secondary N) is 1. The van der Waals surface area contributed by atoms with Crippen LogP contribution in [0.1, 0.15) is 6.42 Å². The Morgan fingerprint density at radius 1 is 1.46 bits per heavy atom. The van der Waals surface area contributed by atoms with Gasteiger partial charge in [-0.15, -0.1) is 23.5 Å². The molecule has 0 bridgehead atoms. The highest BCUT2D eigenvalue weighted by atomic mass is 32.2. The molecular weight excluding hydrogens is 204 g/mol. The summed E-state index contributed by atoms with van der Waals surface area (Å²) in [4.78, 5) is 12.6. The van der Waals surface area contributed by atoms with E-state index in [1.807, 2.05) is 28.4 Å². The number of thioether (sulfide) groups is 2. The maximum absolute atomic E-state index is 10.6. The van der Waals surface area contributed by atoms with Crippen molar-refractivity contribution >= 4 is 29.4 Å². The van der Waals surface area contributed by atoms with Crippen LogP contribution in [-0.4, -0.2) is 46.7 Å². The Morgan fingerprint density at radius 2 is 2.38 bits per heavy atom. The van der Waals surface area contributed by atoms with Gasteiger partial charge in [0, 0.05) is 30.5 Å². The molecule has 74 valence electrons. The van der Waals surface area contributed by atoms with Crippen molar-refractivity contribution < 1.29 is 4.79 Å². The molecule has 3 aliphatic rings. The molecule has 3 heterocycles. The quantitative estimate of drug-likeness (QED) is 0.603. The highest BCUT2D eigenvalue weighted by Gasteiger charge is 2.39. The Balaban J connectivity index is 0.000000113. The van der Waals surface area contributed by atoms with Gasteiger partial charge in [0.05, 0.1) is 11.8 Å². The van der Waals surface area contributed by atoms with Crippen LogP contribution in [0.25, 0.3) is 0 Å². The van der Waals surface area contributed by atoms with Crippen molar-refractivity contribution in [2.24, 2.45) is 0 Å². The maximum atomic E-state index is 10.6. The van der Waals surface area contributed by atoms with Crippen LogP contribution >= 0.6 is 23.5 Å². The van der Waals surface area contributed by atoms with Crippen molar-refractivity contribution in [3.63, 3.8) is 0 Å². The molecule has 13 heavy (non-hydrogen) atoms. The van der Waals surface area contributed by atoms with Crippen molar-refractivity contribution in [2.45, 2.75) is 11.8 Å². The highest BCUT2D eigenvalue weighted by Crippen LogP contribution is 2.34. The summed E-state index contributed by atoms with van der Waals surface area (Å²) < 4.78 is 0. The Kier molecular flexibility index (Phi) is 3.40. The second kappa shape index (κ2) is 4.57. The number of nitrogens with zero attached hydrogens (tertiary/aromatic N) is 1. The third-order valence-corrected chi connectivity index (χ3v) is 4.41. The molecular formula is C8H14N2OS2. The number of carbonyl (C=O) groups is 1. The minimum Gasteiger partial charge on any atom is -0.329 e. The number of carbonyl (C=O) groups excluding carboxylic acids is 1. The van der Waals surface area contributed by atoms with Gasteiger partial charge >= 0.3 is 0 Å². The lowest BCUT2D eigenvalue weighted by Crippen LogP contribution is -2.46. The number of fused-ring (bicyclic) bond motifs is 1. The largest absolute Gasteiger partial charge is 0.329 e. The van der Waals surface area contributed by atoms with Crippen LogP contribution in [0.3, 0.4) is 0 Å². The SMILES string of the molecule is C1CSCN1.O=C1C[C@H]2SCCN12. The fourth-order valence-electron chi connectivity index (χ4n) is 1.49. The molecule has 1 atom stereocenters. The molecule has 0 aliphatic carbocycles. The van der Waals surface area contributed by atoms with E-state index in [9.17, 15) is 4.79 Å². The third-order valence-electron chi connectivity index (χ3n) is 2.29. The molecule has 0 saturated carbocycles. The number of hydrogen-bond donors (Lipinski definition) is 1. The van der Waals surface area contributed by atoms with E-state index in [4.69, 9.17) is 0 Å². The van der Waals surface area contributed by atoms with Crippen LogP contribution in [0.4, 0.5) is 0 Å². The maximum Gasteiger partial charge on any atom is 0.226 e. The molecule has 1 amide bonds. The monoisotopic (exact) mass is 218 g/mol. The van der Waals surface area contributed by atoms with Crippen LogP contribution in [-0.2, 0) is 4.79 Å². The predicted molar refractivity (Wildman–Crippen MR) is 57.9 cm³/mol. The number of β-lactam (4-membered cyclic amide) rings is 1. The average molecular weight is 218 g/mol. The van der Waals surface area contributed by atoms with Crippen LogP contribution in [0.5, 0.6) is 0 Å². The lowest BCUT2D eigenvalue weighted by Gasteiger charge is -2.32. The van der Waals surface area contributed by atoms with E-state index in [0.717, 1.165) is 18.7 Å². The summed E-state index contributed by atoms with van der Waals surface area (Å²) >= 11 is 3.86. The molecule has 0 aromatic carbocycles. The molecule has 0 aromatic rings. The van der Waals surface area contributed by atoms with Crippen LogP contribution in [0.2, 0.25) is 0 Å². The molecule has 3 saturated heterocycles. The molecule has 0 aromatic heterocycles. The van der Waals surface area contributed by atoms with Gasteiger partial charge in [0.2, 0.25) is 5.91 Å². The summed E-state index contributed by atoms with van der Waals surface area (Å²) in [7, 11) is 0. The molecule has 3 fully saturated rings. The fraction of sp³-hybridized carbons (Fsp3) is 0.875. The molecule has 1 N–H and O–H groups in total. The first-order chi connectivity index (χ1) is 6.38. The third kappa shape index (κ3) is 2.33. The Hall–Kier alpha value is 0.130. The van der Waals surface area contributed by atoms with E-state index in [2.05, 4.69) is 5.32 Å². The normalized spacial score (nSPS) is 30.6. The Bertz CT molecular complexity index is 189. The highest BCUT2D eigenvalue weighted by molar-refractivity contribution is 8.00. The zero-order chi connectivity index (χ0) is 9.10. The van der Waals surface area contributed by atoms with Crippen molar-refractivity contribution in [3.05, 3.63) is 0 Å². The molecule has 0 radical (unpaired) electrons. The molecule has 3 nitrogen and oxygen atoms in total. The van der Waals surface area contributed by atoms with Gasteiger partial charge in [-0.3, -0.25) is 4.79 Å². The van der Waals surface area contributed by atoms with E-state index in [0.29, 0.717) is 11.3 Å². The Morgan fingerprint density at radius 3 is 2.77 bits per heavy atom. The number of rotatable bonds is 0. The summed E-state index contributed by atoms with van der Waals surface area (Å²) in [6.07, 6.45) is 0.796. The number of amides is 1. The summed E-state index contributed by atoms with van der Waals surface area (Å²) in [5.41, 5.74) is 0. The molecule has 0 spiro atoms. The second-order valence-corrected chi connectivity index (χ2v) is 5.56. The van der Waals surface area contributed by atoms with Gasteiger partial charge in [-0.2, -0.15) is 0 Å². The first kappa shape index (κ1) is 9.68. The second-order valence-electron chi connectivity index (χ2n) is 3.17. The van der Waals surface area contributed by atoms with Gasteiger partial charge in [0.1, 0.15) is 0 Å². The molecule has 0 unspecified atom stereocenters. The van der Waals surface area contributed by atoms with Crippen molar-refractivity contribution in [2.75, 3.05) is 30.5 Å². The minimum absolute atomic E-state index is 0.347. The zero-order valence-corrected chi connectivity index (χ0v) is 9.12. The minimum atomic E-state index is 0.347. The lowest BCUT2D eigenvalue weighted by molar-refractivity contribution is -0.140.